The van der Waals surface area contributed by atoms with Crippen LogP contribution in [0.5, 0.6) is 0 Å². The molecule has 0 saturated carbocycles. The molecule has 4 aromatic rings. The summed E-state index contributed by atoms with van der Waals surface area (Å²) in [5.74, 6) is 2.56. The van der Waals surface area contributed by atoms with E-state index in [0.29, 0.717) is 11.2 Å². The lowest BCUT2D eigenvalue weighted by molar-refractivity contribution is 0.823. The minimum Gasteiger partial charge on any atom is -0.374 e. The second-order valence-corrected chi connectivity index (χ2v) is 6.64. The van der Waals surface area contributed by atoms with E-state index in [1.165, 1.54) is 16.0 Å². The standard InChI is InChI=1S/C19H14N4OS/c1-3-9-20-15-8-10-21-18-16(15)14-11-22-23(19(24)17(14)25-18)13-6-4-12(2)5-7-13/h1,4-8,10-11H,9H2,2H3,(H,20,21). The number of anilines is 1. The predicted octanol–water partition coefficient (Wildman–Crippen LogP) is 3.35. The van der Waals surface area contributed by atoms with Gasteiger partial charge in [-0.1, -0.05) is 23.6 Å². The van der Waals surface area contributed by atoms with Gasteiger partial charge in [0.05, 0.1) is 18.4 Å². The average Bonchev–Trinajstić information content (AvgIpc) is 3.01. The topological polar surface area (TPSA) is 59.8 Å². The van der Waals surface area contributed by atoms with E-state index in [2.05, 4.69) is 21.3 Å². The lowest BCUT2D eigenvalue weighted by atomic mass is 10.2. The van der Waals surface area contributed by atoms with E-state index >= 15 is 0 Å². The fourth-order valence-electron chi connectivity index (χ4n) is 2.76. The van der Waals surface area contributed by atoms with Crippen LogP contribution in [0.1, 0.15) is 5.56 Å². The van der Waals surface area contributed by atoms with Gasteiger partial charge in [-0.3, -0.25) is 4.79 Å². The fraction of sp³-hybridized carbons (Fsp3) is 0.105. The number of fused-ring (bicyclic) bond motifs is 3. The van der Waals surface area contributed by atoms with E-state index in [-0.39, 0.29) is 5.56 Å². The molecule has 0 fully saturated rings. The summed E-state index contributed by atoms with van der Waals surface area (Å²) in [6.07, 6.45) is 8.77. The molecule has 0 amide bonds. The molecule has 6 heteroatoms. The van der Waals surface area contributed by atoms with Crippen molar-refractivity contribution in [2.24, 2.45) is 0 Å². The van der Waals surface area contributed by atoms with Crippen molar-refractivity contribution in [2.45, 2.75) is 6.92 Å². The van der Waals surface area contributed by atoms with Crippen LogP contribution in [0.25, 0.3) is 26.0 Å². The van der Waals surface area contributed by atoms with Crippen molar-refractivity contribution in [2.75, 3.05) is 11.9 Å². The van der Waals surface area contributed by atoms with Crippen LogP contribution in [-0.2, 0) is 0 Å². The van der Waals surface area contributed by atoms with Crippen LogP contribution in [0.15, 0.2) is 47.5 Å². The van der Waals surface area contributed by atoms with Gasteiger partial charge >= 0.3 is 0 Å². The number of nitrogens with zero attached hydrogens (tertiary/aromatic N) is 3. The van der Waals surface area contributed by atoms with Crippen molar-refractivity contribution < 1.29 is 0 Å². The summed E-state index contributed by atoms with van der Waals surface area (Å²) in [6, 6.07) is 9.56. The third kappa shape index (κ3) is 2.55. The van der Waals surface area contributed by atoms with Gasteiger partial charge in [0, 0.05) is 22.7 Å². The summed E-state index contributed by atoms with van der Waals surface area (Å²) >= 11 is 1.37. The predicted molar refractivity (Wildman–Crippen MR) is 103 cm³/mol. The van der Waals surface area contributed by atoms with Crippen molar-refractivity contribution in [1.82, 2.24) is 14.8 Å². The lowest BCUT2D eigenvalue weighted by Gasteiger charge is -2.06. The molecule has 0 aliphatic rings. The van der Waals surface area contributed by atoms with Crippen LogP contribution < -0.4 is 10.9 Å². The molecular formula is C19H14N4OS. The van der Waals surface area contributed by atoms with Gasteiger partial charge in [-0.25, -0.2) is 4.98 Å². The molecule has 0 bridgehead atoms. The molecule has 0 saturated heterocycles. The second-order valence-electron chi connectivity index (χ2n) is 5.64. The van der Waals surface area contributed by atoms with Crippen LogP contribution in [0, 0.1) is 19.3 Å². The average molecular weight is 346 g/mol. The van der Waals surface area contributed by atoms with E-state index in [4.69, 9.17) is 6.42 Å². The van der Waals surface area contributed by atoms with Gasteiger partial charge in [0.2, 0.25) is 0 Å². The lowest BCUT2D eigenvalue weighted by Crippen LogP contribution is -2.19. The molecule has 0 unspecified atom stereocenters. The molecule has 0 aliphatic carbocycles. The molecule has 5 nitrogen and oxygen atoms in total. The largest absolute Gasteiger partial charge is 0.374 e. The molecule has 0 atom stereocenters. The number of aryl methyl sites for hydroxylation is 1. The van der Waals surface area contributed by atoms with Gasteiger partial charge < -0.3 is 5.32 Å². The molecule has 1 aromatic carbocycles. The van der Waals surface area contributed by atoms with Crippen molar-refractivity contribution in [1.29, 1.82) is 0 Å². The van der Waals surface area contributed by atoms with E-state index in [1.807, 2.05) is 37.3 Å². The molecule has 1 N–H and O–H groups in total. The summed E-state index contributed by atoms with van der Waals surface area (Å²) in [5, 5.41) is 9.23. The first-order valence-electron chi connectivity index (χ1n) is 7.73. The highest BCUT2D eigenvalue weighted by Crippen LogP contribution is 2.34. The van der Waals surface area contributed by atoms with Crippen LogP contribution in [-0.4, -0.2) is 21.3 Å². The second kappa shape index (κ2) is 6.04. The molecule has 3 aromatic heterocycles. The third-order valence-electron chi connectivity index (χ3n) is 3.98. The Bertz CT molecular complexity index is 1180. The molecule has 0 aliphatic heterocycles. The molecule has 3 heterocycles. The normalized spacial score (nSPS) is 10.9. The van der Waals surface area contributed by atoms with Gasteiger partial charge in [-0.05, 0) is 25.1 Å². The Morgan fingerprint density at radius 2 is 2.08 bits per heavy atom. The Labute approximate surface area is 147 Å². The Balaban J connectivity index is 1.96. The zero-order valence-electron chi connectivity index (χ0n) is 13.5. The summed E-state index contributed by atoms with van der Waals surface area (Å²) in [6.45, 7) is 2.41. The van der Waals surface area contributed by atoms with Crippen LogP contribution in [0.2, 0.25) is 0 Å². The number of rotatable bonds is 3. The molecular weight excluding hydrogens is 332 g/mol. The smallest absolute Gasteiger partial charge is 0.289 e. The highest BCUT2D eigenvalue weighted by Gasteiger charge is 2.15. The van der Waals surface area contributed by atoms with E-state index in [1.54, 1.807) is 12.4 Å². The first-order chi connectivity index (χ1) is 12.2. The minimum absolute atomic E-state index is 0.146. The fourth-order valence-corrected chi connectivity index (χ4v) is 3.82. The Morgan fingerprint density at radius 1 is 1.28 bits per heavy atom. The summed E-state index contributed by atoms with van der Waals surface area (Å²) in [7, 11) is 0. The maximum Gasteiger partial charge on any atom is 0.289 e. The highest BCUT2D eigenvalue weighted by molar-refractivity contribution is 7.25. The summed E-state index contributed by atoms with van der Waals surface area (Å²) < 4.78 is 2.05. The summed E-state index contributed by atoms with van der Waals surface area (Å²) in [4.78, 5) is 18.1. The van der Waals surface area contributed by atoms with Crippen molar-refractivity contribution in [3.8, 4) is 18.0 Å². The van der Waals surface area contributed by atoms with Gasteiger partial charge in [0.25, 0.3) is 5.56 Å². The number of thiophene rings is 1. The number of aromatic nitrogens is 3. The van der Waals surface area contributed by atoms with Crippen molar-refractivity contribution in [3.63, 3.8) is 0 Å². The number of nitrogens with one attached hydrogen (secondary N) is 1. The SMILES string of the molecule is C#CCNc1ccnc2sc3c(=O)n(-c4ccc(C)cc4)ncc3c12. The molecule has 0 spiro atoms. The molecule has 4 rings (SSSR count). The van der Waals surface area contributed by atoms with E-state index < -0.39 is 0 Å². The zero-order valence-corrected chi connectivity index (χ0v) is 14.3. The molecule has 25 heavy (non-hydrogen) atoms. The summed E-state index contributed by atoms with van der Waals surface area (Å²) in [5.41, 5.74) is 2.59. The monoisotopic (exact) mass is 346 g/mol. The number of terminal acetylenes is 1. The third-order valence-corrected chi connectivity index (χ3v) is 5.08. The zero-order chi connectivity index (χ0) is 17.4. The van der Waals surface area contributed by atoms with E-state index in [0.717, 1.165) is 32.5 Å². The Morgan fingerprint density at radius 3 is 2.84 bits per heavy atom. The van der Waals surface area contributed by atoms with Crippen LogP contribution in [0.4, 0.5) is 5.69 Å². The number of benzene rings is 1. The molecule has 122 valence electrons. The Kier molecular flexibility index (Phi) is 3.71. The quantitative estimate of drug-likeness (QED) is 0.578. The number of pyridine rings is 1. The minimum atomic E-state index is -0.146. The first kappa shape index (κ1) is 15.4. The maximum absolute atomic E-state index is 12.9. The van der Waals surface area contributed by atoms with Gasteiger partial charge in [0.15, 0.2) is 0 Å². The highest BCUT2D eigenvalue weighted by atomic mass is 32.1. The van der Waals surface area contributed by atoms with Crippen molar-refractivity contribution in [3.05, 3.63) is 58.6 Å². The van der Waals surface area contributed by atoms with Crippen LogP contribution >= 0.6 is 11.3 Å². The maximum atomic E-state index is 12.9. The van der Waals surface area contributed by atoms with Gasteiger partial charge in [0.1, 0.15) is 9.53 Å². The van der Waals surface area contributed by atoms with E-state index in [9.17, 15) is 4.79 Å². The number of hydrogen-bond donors (Lipinski definition) is 1. The van der Waals surface area contributed by atoms with Crippen molar-refractivity contribution >= 4 is 37.3 Å². The van der Waals surface area contributed by atoms with Gasteiger partial charge in [-0.2, -0.15) is 9.78 Å². The first-order valence-corrected chi connectivity index (χ1v) is 8.54. The molecule has 0 radical (unpaired) electrons. The number of hydrogen-bond acceptors (Lipinski definition) is 5. The Hall–Kier alpha value is -3.17. The van der Waals surface area contributed by atoms with Crippen LogP contribution in [0.3, 0.4) is 0 Å². The van der Waals surface area contributed by atoms with Gasteiger partial charge in [-0.15, -0.1) is 17.8 Å².